The van der Waals surface area contributed by atoms with Crippen LogP contribution in [0.5, 0.6) is 5.75 Å². The van der Waals surface area contributed by atoms with Crippen molar-refractivity contribution in [2.75, 3.05) is 51.8 Å². The number of nitrogens with one attached hydrogen (secondary N) is 1. The lowest BCUT2D eigenvalue weighted by Crippen LogP contribution is -2.37. The Bertz CT molecular complexity index is 529. The zero-order valence-corrected chi connectivity index (χ0v) is 14.4. The molecule has 0 radical (unpaired) electrons. The first-order valence-electron chi connectivity index (χ1n) is 8.79. The van der Waals surface area contributed by atoms with E-state index in [1.807, 2.05) is 29.2 Å². The number of carbonyl (C=O) groups is 1. The van der Waals surface area contributed by atoms with E-state index < -0.39 is 0 Å². The number of amides is 2. The minimum Gasteiger partial charge on any atom is -0.491 e. The molecule has 2 heterocycles. The normalized spacial score (nSPS) is 22.2. The predicted octanol–water partition coefficient (Wildman–Crippen LogP) is 2.41. The zero-order chi connectivity index (χ0) is 16.8. The highest BCUT2D eigenvalue weighted by molar-refractivity contribution is 5.89. The van der Waals surface area contributed by atoms with Crippen LogP contribution < -0.4 is 10.1 Å². The number of urea groups is 1. The molecule has 6 heteroatoms. The van der Waals surface area contributed by atoms with E-state index in [0.29, 0.717) is 6.61 Å². The summed E-state index contributed by atoms with van der Waals surface area (Å²) in [6.45, 7) is 4.96. The number of ether oxygens (including phenoxy) is 2. The molecule has 0 aromatic heterocycles. The van der Waals surface area contributed by atoms with Gasteiger partial charge >= 0.3 is 6.03 Å². The Morgan fingerprint density at radius 1 is 1.21 bits per heavy atom. The minimum absolute atomic E-state index is 0.0293. The summed E-state index contributed by atoms with van der Waals surface area (Å²) < 4.78 is 11.3. The molecule has 1 atom stereocenters. The number of hydrogen-bond donors (Lipinski definition) is 1. The molecule has 2 saturated heterocycles. The largest absolute Gasteiger partial charge is 0.491 e. The van der Waals surface area contributed by atoms with Crippen molar-refractivity contribution in [1.82, 2.24) is 9.80 Å². The van der Waals surface area contributed by atoms with Crippen LogP contribution in [0.1, 0.15) is 19.3 Å². The number of hydrogen-bond acceptors (Lipinski definition) is 4. The van der Waals surface area contributed by atoms with Gasteiger partial charge in [0.1, 0.15) is 12.4 Å². The fourth-order valence-corrected chi connectivity index (χ4v) is 3.05. The number of carbonyl (C=O) groups excluding carboxylic acids is 1. The van der Waals surface area contributed by atoms with E-state index in [2.05, 4.69) is 17.3 Å². The van der Waals surface area contributed by atoms with Crippen molar-refractivity contribution < 1.29 is 14.3 Å². The summed E-state index contributed by atoms with van der Waals surface area (Å²) in [6, 6.07) is 7.51. The third-order valence-electron chi connectivity index (χ3n) is 4.57. The van der Waals surface area contributed by atoms with E-state index in [1.54, 1.807) is 0 Å². The van der Waals surface area contributed by atoms with Crippen LogP contribution in [0.3, 0.4) is 0 Å². The molecule has 3 rings (SSSR count). The second-order valence-electron chi connectivity index (χ2n) is 6.54. The van der Waals surface area contributed by atoms with Crippen LogP contribution in [0.4, 0.5) is 10.5 Å². The van der Waals surface area contributed by atoms with Crippen molar-refractivity contribution in [3.05, 3.63) is 24.3 Å². The molecule has 132 valence electrons. The second kappa shape index (κ2) is 8.35. The summed E-state index contributed by atoms with van der Waals surface area (Å²) in [6.07, 6.45) is 3.41. The lowest BCUT2D eigenvalue weighted by Gasteiger charge is -2.21. The Kier molecular flexibility index (Phi) is 5.93. The van der Waals surface area contributed by atoms with Gasteiger partial charge in [0.15, 0.2) is 0 Å². The molecular formula is C18H27N3O3. The van der Waals surface area contributed by atoms with Gasteiger partial charge in [-0.05, 0) is 57.1 Å². The van der Waals surface area contributed by atoms with E-state index in [1.165, 1.54) is 0 Å². The molecule has 2 fully saturated rings. The van der Waals surface area contributed by atoms with Gasteiger partial charge in [-0.25, -0.2) is 4.79 Å². The minimum atomic E-state index is -0.0293. The zero-order valence-electron chi connectivity index (χ0n) is 14.4. The molecule has 1 aromatic rings. The lowest BCUT2D eigenvalue weighted by molar-refractivity contribution is 0.0679. The number of nitrogens with zero attached hydrogens (tertiary/aromatic N) is 2. The molecule has 0 aliphatic carbocycles. The average molecular weight is 333 g/mol. The highest BCUT2D eigenvalue weighted by atomic mass is 16.5. The molecule has 1 aromatic carbocycles. The van der Waals surface area contributed by atoms with Crippen molar-refractivity contribution in [2.24, 2.45) is 0 Å². The van der Waals surface area contributed by atoms with Gasteiger partial charge in [-0.3, -0.25) is 0 Å². The smallest absolute Gasteiger partial charge is 0.321 e. The van der Waals surface area contributed by atoms with Crippen molar-refractivity contribution in [1.29, 1.82) is 0 Å². The van der Waals surface area contributed by atoms with Crippen molar-refractivity contribution >= 4 is 11.7 Å². The maximum Gasteiger partial charge on any atom is 0.321 e. The molecule has 2 aliphatic rings. The summed E-state index contributed by atoms with van der Waals surface area (Å²) in [5.74, 6) is 0.805. The maximum atomic E-state index is 12.4. The van der Waals surface area contributed by atoms with Gasteiger partial charge in [-0.2, -0.15) is 0 Å². The Morgan fingerprint density at radius 2 is 2.04 bits per heavy atom. The summed E-state index contributed by atoms with van der Waals surface area (Å²) in [5.41, 5.74) is 0.794. The molecule has 2 amide bonds. The molecule has 0 spiro atoms. The number of rotatable bonds is 4. The van der Waals surface area contributed by atoms with Crippen molar-refractivity contribution in [2.45, 2.75) is 25.4 Å². The van der Waals surface area contributed by atoms with E-state index in [-0.39, 0.29) is 12.1 Å². The fourth-order valence-electron chi connectivity index (χ4n) is 3.05. The van der Waals surface area contributed by atoms with E-state index in [9.17, 15) is 4.79 Å². The Labute approximate surface area is 143 Å². The molecular weight excluding hydrogens is 306 g/mol. The average Bonchev–Trinajstić information content (AvgIpc) is 3.01. The molecule has 1 N–H and O–H groups in total. The molecule has 2 aliphatic heterocycles. The van der Waals surface area contributed by atoms with Crippen LogP contribution in [0.15, 0.2) is 24.3 Å². The first-order chi connectivity index (χ1) is 11.7. The van der Waals surface area contributed by atoms with Gasteiger partial charge in [-0.1, -0.05) is 0 Å². The van der Waals surface area contributed by atoms with Crippen LogP contribution in [0.25, 0.3) is 0 Å². The van der Waals surface area contributed by atoms with Gasteiger partial charge in [0.2, 0.25) is 0 Å². The van der Waals surface area contributed by atoms with Gasteiger partial charge in [0.05, 0.1) is 6.10 Å². The first-order valence-corrected chi connectivity index (χ1v) is 8.79. The quantitative estimate of drug-likeness (QED) is 0.919. The molecule has 0 bridgehead atoms. The second-order valence-corrected chi connectivity index (χ2v) is 6.54. The van der Waals surface area contributed by atoms with Crippen LogP contribution in [-0.4, -0.2) is 68.4 Å². The van der Waals surface area contributed by atoms with E-state index in [0.717, 1.165) is 63.5 Å². The number of benzene rings is 1. The predicted molar refractivity (Wildman–Crippen MR) is 93.6 cm³/mol. The standard InChI is InChI=1S/C18H27N3O3/c1-20-9-3-10-21(12-11-20)18(22)19-15-5-7-16(8-6-15)24-14-17-4-2-13-23-17/h5-8,17H,2-4,9-14H2,1H3,(H,19,22). The number of anilines is 1. The molecule has 24 heavy (non-hydrogen) atoms. The summed E-state index contributed by atoms with van der Waals surface area (Å²) in [4.78, 5) is 16.5. The molecule has 0 saturated carbocycles. The fraction of sp³-hybridized carbons (Fsp3) is 0.611. The molecule has 6 nitrogen and oxygen atoms in total. The Hall–Kier alpha value is -1.79. The van der Waals surface area contributed by atoms with Gasteiger partial charge in [-0.15, -0.1) is 0 Å². The Morgan fingerprint density at radius 3 is 2.79 bits per heavy atom. The van der Waals surface area contributed by atoms with Gasteiger partial charge < -0.3 is 24.6 Å². The highest BCUT2D eigenvalue weighted by Gasteiger charge is 2.18. The summed E-state index contributed by atoms with van der Waals surface area (Å²) in [7, 11) is 2.09. The number of likely N-dealkylation sites (N-methyl/N-ethyl adjacent to an activating group) is 1. The van der Waals surface area contributed by atoms with E-state index >= 15 is 0 Å². The van der Waals surface area contributed by atoms with Crippen molar-refractivity contribution in [3.8, 4) is 5.75 Å². The van der Waals surface area contributed by atoms with Crippen molar-refractivity contribution in [3.63, 3.8) is 0 Å². The molecule has 1 unspecified atom stereocenters. The lowest BCUT2D eigenvalue weighted by atomic mass is 10.2. The van der Waals surface area contributed by atoms with Crippen LogP contribution in [0, 0.1) is 0 Å². The van der Waals surface area contributed by atoms with Crippen LogP contribution >= 0.6 is 0 Å². The summed E-state index contributed by atoms with van der Waals surface area (Å²) >= 11 is 0. The maximum absolute atomic E-state index is 12.4. The first kappa shape index (κ1) is 17.0. The van der Waals surface area contributed by atoms with Gasteiger partial charge in [0.25, 0.3) is 0 Å². The van der Waals surface area contributed by atoms with Crippen LogP contribution in [0.2, 0.25) is 0 Å². The van der Waals surface area contributed by atoms with Crippen LogP contribution in [-0.2, 0) is 4.74 Å². The van der Waals surface area contributed by atoms with Gasteiger partial charge in [0, 0.05) is 31.9 Å². The third-order valence-corrected chi connectivity index (χ3v) is 4.57. The topological polar surface area (TPSA) is 54.0 Å². The Balaban J connectivity index is 1.47. The summed E-state index contributed by atoms with van der Waals surface area (Å²) in [5, 5.41) is 2.97. The highest BCUT2D eigenvalue weighted by Crippen LogP contribution is 2.19. The van der Waals surface area contributed by atoms with E-state index in [4.69, 9.17) is 9.47 Å². The third kappa shape index (κ3) is 4.85. The monoisotopic (exact) mass is 333 g/mol. The SMILES string of the molecule is CN1CCCN(C(=O)Nc2ccc(OCC3CCCO3)cc2)CC1.